The summed E-state index contributed by atoms with van der Waals surface area (Å²) in [6.45, 7) is 8.59. The number of ether oxygens (including phenoxy) is 1. The van der Waals surface area contributed by atoms with Crippen LogP contribution in [0.3, 0.4) is 0 Å². The summed E-state index contributed by atoms with van der Waals surface area (Å²) in [5.41, 5.74) is 3.82. The zero-order chi connectivity index (χ0) is 18.0. The SMILES string of the molecule is C=CCC1COC(CC)(CC(=O)O)c2[nH]c3c(CCC)cccc3c21. The largest absolute Gasteiger partial charge is 0.481 e. The molecule has 0 fully saturated rings. The highest BCUT2D eigenvalue weighted by Gasteiger charge is 2.43. The lowest BCUT2D eigenvalue weighted by molar-refractivity contribution is -0.149. The second-order valence-corrected chi connectivity index (χ2v) is 6.95. The minimum atomic E-state index is -0.831. The number of carboxylic acids is 1. The molecule has 0 aliphatic carbocycles. The van der Waals surface area contributed by atoms with E-state index >= 15 is 0 Å². The molecule has 3 rings (SSSR count). The molecule has 0 spiro atoms. The molecule has 134 valence electrons. The smallest absolute Gasteiger partial charge is 0.306 e. The van der Waals surface area contributed by atoms with Crippen LogP contribution in [0.5, 0.6) is 0 Å². The lowest BCUT2D eigenvalue weighted by Gasteiger charge is -2.39. The Balaban J connectivity index is 2.26. The van der Waals surface area contributed by atoms with Crippen LogP contribution in [0.1, 0.15) is 62.3 Å². The van der Waals surface area contributed by atoms with E-state index in [9.17, 15) is 9.90 Å². The van der Waals surface area contributed by atoms with Crippen LogP contribution in [-0.4, -0.2) is 22.7 Å². The number of hydrogen-bond donors (Lipinski definition) is 2. The van der Waals surface area contributed by atoms with Gasteiger partial charge in [0.25, 0.3) is 0 Å². The molecule has 1 aliphatic heterocycles. The topological polar surface area (TPSA) is 62.3 Å². The van der Waals surface area contributed by atoms with Crippen molar-refractivity contribution in [2.45, 2.75) is 57.5 Å². The molecule has 25 heavy (non-hydrogen) atoms. The summed E-state index contributed by atoms with van der Waals surface area (Å²) >= 11 is 0. The Hall–Kier alpha value is -2.07. The maximum atomic E-state index is 11.5. The van der Waals surface area contributed by atoms with Gasteiger partial charge in [-0.3, -0.25) is 4.79 Å². The molecule has 0 bridgehead atoms. The fraction of sp³-hybridized carbons (Fsp3) is 0.476. The monoisotopic (exact) mass is 341 g/mol. The van der Waals surface area contributed by atoms with Crippen molar-refractivity contribution in [3.63, 3.8) is 0 Å². The van der Waals surface area contributed by atoms with Crippen LogP contribution < -0.4 is 0 Å². The van der Waals surface area contributed by atoms with Crippen LogP contribution in [0.25, 0.3) is 10.9 Å². The highest BCUT2D eigenvalue weighted by atomic mass is 16.5. The Kier molecular flexibility index (Phi) is 5.00. The van der Waals surface area contributed by atoms with E-state index in [2.05, 4.69) is 36.7 Å². The van der Waals surface area contributed by atoms with Crippen LogP contribution in [-0.2, 0) is 21.6 Å². The van der Waals surface area contributed by atoms with Crippen LogP contribution in [0.2, 0.25) is 0 Å². The molecule has 2 N–H and O–H groups in total. The van der Waals surface area contributed by atoms with E-state index in [0.717, 1.165) is 30.5 Å². The number of para-hydroxylation sites is 1. The van der Waals surface area contributed by atoms with Crippen molar-refractivity contribution in [3.8, 4) is 0 Å². The quantitative estimate of drug-likeness (QED) is 0.705. The second-order valence-electron chi connectivity index (χ2n) is 6.95. The number of allylic oxidation sites excluding steroid dienone is 1. The van der Waals surface area contributed by atoms with E-state index in [1.807, 2.05) is 13.0 Å². The molecule has 2 aromatic rings. The molecule has 1 aliphatic rings. The van der Waals surface area contributed by atoms with Gasteiger partial charge in [-0.1, -0.05) is 44.5 Å². The van der Waals surface area contributed by atoms with Crippen LogP contribution in [0.15, 0.2) is 30.9 Å². The zero-order valence-corrected chi connectivity index (χ0v) is 15.1. The van der Waals surface area contributed by atoms with Crippen molar-refractivity contribution in [1.29, 1.82) is 0 Å². The van der Waals surface area contributed by atoms with E-state index in [4.69, 9.17) is 4.74 Å². The van der Waals surface area contributed by atoms with Crippen LogP contribution in [0.4, 0.5) is 0 Å². The highest BCUT2D eigenvalue weighted by molar-refractivity contribution is 5.89. The number of fused-ring (bicyclic) bond motifs is 3. The van der Waals surface area contributed by atoms with Gasteiger partial charge in [0.05, 0.1) is 18.7 Å². The lowest BCUT2D eigenvalue weighted by Crippen LogP contribution is -2.38. The molecule has 2 unspecified atom stereocenters. The third kappa shape index (κ3) is 2.99. The predicted octanol–water partition coefficient (Wildman–Crippen LogP) is 4.89. The molecule has 0 saturated heterocycles. The van der Waals surface area contributed by atoms with Crippen molar-refractivity contribution in [1.82, 2.24) is 4.98 Å². The van der Waals surface area contributed by atoms with Crippen molar-refractivity contribution in [3.05, 3.63) is 47.7 Å². The van der Waals surface area contributed by atoms with Gasteiger partial charge in [0.15, 0.2) is 0 Å². The summed E-state index contributed by atoms with van der Waals surface area (Å²) in [5, 5.41) is 10.7. The standard InChI is InChI=1S/C21H27NO3/c1-4-8-14-10-7-11-16-18-15(9-5-2)13-25-21(6-3,12-17(23)24)20(18)22-19(14)16/h5,7,10-11,15,22H,2,4,6,8-9,12-13H2,1,3H3,(H,23,24). The van der Waals surface area contributed by atoms with Crippen LogP contribution in [0, 0.1) is 0 Å². The van der Waals surface area contributed by atoms with Gasteiger partial charge in [0.2, 0.25) is 0 Å². The molecule has 1 aromatic carbocycles. The van der Waals surface area contributed by atoms with E-state index in [1.54, 1.807) is 0 Å². The third-order valence-electron chi connectivity index (χ3n) is 5.36. The number of hydrogen-bond acceptors (Lipinski definition) is 2. The molecule has 2 heterocycles. The van der Waals surface area contributed by atoms with Gasteiger partial charge in [-0.05, 0) is 30.4 Å². The van der Waals surface area contributed by atoms with Crippen molar-refractivity contribution >= 4 is 16.9 Å². The predicted molar refractivity (Wildman–Crippen MR) is 100 cm³/mol. The number of rotatable bonds is 7. The summed E-state index contributed by atoms with van der Waals surface area (Å²) in [4.78, 5) is 15.1. The van der Waals surface area contributed by atoms with Crippen molar-refractivity contribution in [2.75, 3.05) is 6.61 Å². The highest BCUT2D eigenvalue weighted by Crippen LogP contribution is 2.47. The van der Waals surface area contributed by atoms with E-state index in [1.165, 1.54) is 16.5 Å². The molecule has 4 nitrogen and oxygen atoms in total. The van der Waals surface area contributed by atoms with Gasteiger partial charge in [0, 0.05) is 16.8 Å². The molecule has 0 radical (unpaired) electrons. The Bertz CT molecular complexity index is 792. The van der Waals surface area contributed by atoms with E-state index in [0.29, 0.717) is 13.0 Å². The van der Waals surface area contributed by atoms with Gasteiger partial charge >= 0.3 is 5.97 Å². The number of carbonyl (C=O) groups is 1. The van der Waals surface area contributed by atoms with Gasteiger partial charge < -0.3 is 14.8 Å². The number of carboxylic acid groups (broad SMARTS) is 1. The number of H-pyrrole nitrogens is 1. The maximum Gasteiger partial charge on any atom is 0.306 e. The van der Waals surface area contributed by atoms with Gasteiger partial charge in [0.1, 0.15) is 5.60 Å². The third-order valence-corrected chi connectivity index (χ3v) is 5.36. The number of nitrogens with one attached hydrogen (secondary N) is 1. The summed E-state index contributed by atoms with van der Waals surface area (Å²) in [5.74, 6) is -0.617. The summed E-state index contributed by atoms with van der Waals surface area (Å²) in [6.07, 6.45) is 5.43. The Labute approximate surface area is 148 Å². The average Bonchev–Trinajstić information content (AvgIpc) is 2.99. The fourth-order valence-corrected chi connectivity index (χ4v) is 4.15. The van der Waals surface area contributed by atoms with Gasteiger partial charge in [-0.2, -0.15) is 0 Å². The van der Waals surface area contributed by atoms with Crippen molar-refractivity contribution < 1.29 is 14.6 Å². The van der Waals surface area contributed by atoms with E-state index in [-0.39, 0.29) is 12.3 Å². The maximum absolute atomic E-state index is 11.5. The summed E-state index contributed by atoms with van der Waals surface area (Å²) in [6, 6.07) is 6.40. The Morgan fingerprint density at radius 2 is 2.28 bits per heavy atom. The first kappa shape index (κ1) is 17.7. The summed E-state index contributed by atoms with van der Waals surface area (Å²) < 4.78 is 6.19. The average molecular weight is 341 g/mol. The number of aromatic nitrogens is 1. The Morgan fingerprint density at radius 1 is 1.48 bits per heavy atom. The number of aliphatic carboxylic acids is 1. The molecule has 0 amide bonds. The van der Waals surface area contributed by atoms with Gasteiger partial charge in [-0.15, -0.1) is 6.58 Å². The molecular formula is C21H27NO3. The van der Waals surface area contributed by atoms with Gasteiger partial charge in [-0.25, -0.2) is 0 Å². The first-order chi connectivity index (χ1) is 12.1. The summed E-state index contributed by atoms with van der Waals surface area (Å²) in [7, 11) is 0. The van der Waals surface area contributed by atoms with Crippen LogP contribution >= 0.6 is 0 Å². The minimum Gasteiger partial charge on any atom is -0.481 e. The molecule has 2 atom stereocenters. The molecular weight excluding hydrogens is 314 g/mol. The number of benzene rings is 1. The number of aryl methyl sites for hydroxylation is 1. The lowest BCUT2D eigenvalue weighted by atomic mass is 9.81. The molecule has 4 heteroatoms. The van der Waals surface area contributed by atoms with E-state index < -0.39 is 11.6 Å². The first-order valence-corrected chi connectivity index (χ1v) is 9.16. The molecule has 0 saturated carbocycles. The normalized spacial score (nSPS) is 22.7. The second kappa shape index (κ2) is 7.04. The minimum absolute atomic E-state index is 0.0206. The zero-order valence-electron chi connectivity index (χ0n) is 15.1. The number of aromatic amines is 1. The van der Waals surface area contributed by atoms with Crippen molar-refractivity contribution in [2.24, 2.45) is 0 Å². The first-order valence-electron chi connectivity index (χ1n) is 9.16. The Morgan fingerprint density at radius 3 is 2.92 bits per heavy atom. The molecule has 1 aromatic heterocycles. The fourth-order valence-electron chi connectivity index (χ4n) is 4.15.